The van der Waals surface area contributed by atoms with Crippen molar-refractivity contribution in [1.82, 2.24) is 9.80 Å². The number of carboxylic acid groups (broad SMARTS) is 1. The number of amides is 1. The number of carbonyl (C=O) groups excluding carboxylic acids is 1. The third-order valence-electron chi connectivity index (χ3n) is 4.65. The van der Waals surface area contributed by atoms with Gasteiger partial charge in [0, 0.05) is 26.2 Å². The van der Waals surface area contributed by atoms with Gasteiger partial charge >= 0.3 is 5.97 Å². The predicted octanol–water partition coefficient (Wildman–Crippen LogP) is 2.46. The molecule has 29 heavy (non-hydrogen) atoms. The molecule has 156 valence electrons. The first-order chi connectivity index (χ1) is 13.9. The lowest BCUT2D eigenvalue weighted by Crippen LogP contribution is -2.38. The molecule has 0 aromatic heterocycles. The van der Waals surface area contributed by atoms with Crippen molar-refractivity contribution in [1.29, 1.82) is 0 Å². The molecular formula is C20H24N2O5S2. The third kappa shape index (κ3) is 6.02. The van der Waals surface area contributed by atoms with Crippen LogP contribution in [-0.4, -0.2) is 76.6 Å². The van der Waals surface area contributed by atoms with Crippen LogP contribution in [0.15, 0.2) is 29.2 Å². The van der Waals surface area contributed by atoms with Crippen molar-refractivity contribution < 1.29 is 24.2 Å². The molecule has 0 spiro atoms. The van der Waals surface area contributed by atoms with E-state index < -0.39 is 12.1 Å². The van der Waals surface area contributed by atoms with Gasteiger partial charge in [0.25, 0.3) is 5.91 Å². The summed E-state index contributed by atoms with van der Waals surface area (Å²) in [6.07, 6.45) is 1.67. The highest BCUT2D eigenvalue weighted by atomic mass is 32.2. The van der Waals surface area contributed by atoms with Crippen LogP contribution in [0.25, 0.3) is 6.08 Å². The van der Waals surface area contributed by atoms with Gasteiger partial charge in [0.15, 0.2) is 6.10 Å². The fourth-order valence-electron chi connectivity index (χ4n) is 3.05. The molecule has 0 saturated carbocycles. The summed E-state index contributed by atoms with van der Waals surface area (Å²) in [5.74, 6) is -0.685. The van der Waals surface area contributed by atoms with Gasteiger partial charge in [-0.25, -0.2) is 4.79 Å². The second-order valence-corrected chi connectivity index (χ2v) is 8.49. The quantitative estimate of drug-likeness (QED) is 0.492. The Kier molecular flexibility index (Phi) is 7.65. The van der Waals surface area contributed by atoms with Gasteiger partial charge < -0.3 is 14.6 Å². The highest BCUT2D eigenvalue weighted by molar-refractivity contribution is 8.26. The predicted molar refractivity (Wildman–Crippen MR) is 116 cm³/mol. The normalized spacial score (nSPS) is 20.3. The van der Waals surface area contributed by atoms with E-state index in [-0.39, 0.29) is 5.91 Å². The molecule has 1 unspecified atom stereocenters. The van der Waals surface area contributed by atoms with Crippen LogP contribution in [0.4, 0.5) is 0 Å². The van der Waals surface area contributed by atoms with Crippen LogP contribution < -0.4 is 4.74 Å². The van der Waals surface area contributed by atoms with Gasteiger partial charge in [0.1, 0.15) is 10.1 Å². The Morgan fingerprint density at radius 3 is 2.86 bits per heavy atom. The number of hydrogen-bond donors (Lipinski definition) is 1. The van der Waals surface area contributed by atoms with E-state index in [0.29, 0.717) is 21.5 Å². The highest BCUT2D eigenvalue weighted by Gasteiger charge is 2.31. The van der Waals surface area contributed by atoms with Crippen molar-refractivity contribution in [2.24, 2.45) is 0 Å². The monoisotopic (exact) mass is 436 g/mol. The molecule has 2 aliphatic heterocycles. The number of morpholine rings is 1. The first kappa shape index (κ1) is 21.8. The summed E-state index contributed by atoms with van der Waals surface area (Å²) >= 11 is 6.68. The second kappa shape index (κ2) is 10.2. The minimum absolute atomic E-state index is 0.0906. The van der Waals surface area contributed by atoms with Gasteiger partial charge in [-0.3, -0.25) is 14.6 Å². The van der Waals surface area contributed by atoms with Crippen molar-refractivity contribution in [3.8, 4) is 5.75 Å². The second-order valence-electron chi connectivity index (χ2n) is 6.81. The fourth-order valence-corrected chi connectivity index (χ4v) is 4.36. The van der Waals surface area contributed by atoms with Gasteiger partial charge in [0.2, 0.25) is 0 Å². The molecular weight excluding hydrogens is 412 g/mol. The number of thioether (sulfide) groups is 1. The van der Waals surface area contributed by atoms with Crippen LogP contribution in [-0.2, 0) is 14.3 Å². The standard InChI is InChI=1S/C20H24N2O5S2/c1-14(19(24)25)27-16-5-2-4-15(12-16)13-17-18(23)22(20(28)29-17)7-3-6-21-8-10-26-11-9-21/h2,4-5,12-14H,3,6-11H2,1H3,(H,24,25)/b17-13+. The Hall–Kier alpha value is -1.94. The summed E-state index contributed by atoms with van der Waals surface area (Å²) in [6, 6.07) is 7.00. The largest absolute Gasteiger partial charge is 0.479 e. The molecule has 1 N–H and O–H groups in total. The van der Waals surface area contributed by atoms with Gasteiger partial charge in [-0.15, -0.1) is 0 Å². The highest BCUT2D eigenvalue weighted by Crippen LogP contribution is 2.33. The lowest BCUT2D eigenvalue weighted by atomic mass is 10.2. The molecule has 2 heterocycles. The number of ether oxygens (including phenoxy) is 2. The van der Waals surface area contributed by atoms with Crippen molar-refractivity contribution in [2.45, 2.75) is 19.4 Å². The van der Waals surface area contributed by atoms with Gasteiger partial charge in [-0.2, -0.15) is 0 Å². The van der Waals surface area contributed by atoms with Crippen LogP contribution in [0.3, 0.4) is 0 Å². The minimum atomic E-state index is -1.03. The maximum Gasteiger partial charge on any atom is 0.344 e. The fraction of sp³-hybridized carbons (Fsp3) is 0.450. The average molecular weight is 437 g/mol. The molecule has 2 fully saturated rings. The number of carboxylic acids is 1. The zero-order valence-corrected chi connectivity index (χ0v) is 17.8. The maximum absolute atomic E-state index is 12.8. The molecule has 0 aliphatic carbocycles. The molecule has 1 aromatic carbocycles. The van der Waals surface area contributed by atoms with E-state index in [1.54, 1.807) is 29.2 Å². The Morgan fingerprint density at radius 2 is 2.14 bits per heavy atom. The summed E-state index contributed by atoms with van der Waals surface area (Å²) in [6.45, 7) is 6.36. The molecule has 2 aliphatic rings. The summed E-state index contributed by atoms with van der Waals surface area (Å²) < 4.78 is 11.3. The number of rotatable bonds is 8. The molecule has 1 aromatic rings. The molecule has 3 rings (SSSR count). The van der Waals surface area contributed by atoms with Gasteiger partial charge in [-0.05, 0) is 37.1 Å². The Labute approximate surface area is 179 Å². The number of aliphatic carboxylic acids is 1. The zero-order valence-electron chi connectivity index (χ0n) is 16.2. The molecule has 9 heteroatoms. The smallest absolute Gasteiger partial charge is 0.344 e. The summed E-state index contributed by atoms with van der Waals surface area (Å²) in [5.41, 5.74) is 0.758. The van der Waals surface area contributed by atoms with Crippen LogP contribution in [0, 0.1) is 0 Å². The number of benzene rings is 1. The molecule has 0 bridgehead atoms. The molecule has 0 radical (unpaired) electrons. The Morgan fingerprint density at radius 1 is 1.38 bits per heavy atom. The van der Waals surface area contributed by atoms with Gasteiger partial charge in [0.05, 0.1) is 18.1 Å². The van der Waals surface area contributed by atoms with E-state index in [1.807, 2.05) is 6.07 Å². The number of thiocarbonyl (C=S) groups is 1. The average Bonchev–Trinajstić information content (AvgIpc) is 2.96. The summed E-state index contributed by atoms with van der Waals surface area (Å²) in [4.78, 5) is 28.3. The van der Waals surface area contributed by atoms with Crippen molar-refractivity contribution in [2.75, 3.05) is 39.4 Å². The minimum Gasteiger partial charge on any atom is -0.479 e. The topological polar surface area (TPSA) is 79.3 Å². The number of nitrogens with zero attached hydrogens (tertiary/aromatic N) is 2. The first-order valence-electron chi connectivity index (χ1n) is 9.49. The third-order valence-corrected chi connectivity index (χ3v) is 6.03. The van der Waals surface area contributed by atoms with E-state index >= 15 is 0 Å². The number of carbonyl (C=O) groups is 2. The maximum atomic E-state index is 12.8. The van der Waals surface area contributed by atoms with E-state index in [1.165, 1.54) is 18.7 Å². The molecule has 1 atom stereocenters. The lowest BCUT2D eigenvalue weighted by Gasteiger charge is -2.27. The zero-order chi connectivity index (χ0) is 20.8. The van der Waals surface area contributed by atoms with Crippen LogP contribution in [0.5, 0.6) is 5.75 Å². The first-order valence-corrected chi connectivity index (χ1v) is 10.7. The van der Waals surface area contributed by atoms with Crippen LogP contribution >= 0.6 is 24.0 Å². The van der Waals surface area contributed by atoms with E-state index in [9.17, 15) is 9.59 Å². The molecule has 2 saturated heterocycles. The van der Waals surface area contributed by atoms with Crippen LogP contribution in [0.2, 0.25) is 0 Å². The van der Waals surface area contributed by atoms with Crippen molar-refractivity contribution in [3.05, 3.63) is 34.7 Å². The SMILES string of the molecule is CC(Oc1cccc(/C=C2/SC(=S)N(CCCN3CCOCC3)C2=O)c1)C(=O)O. The van der Waals surface area contributed by atoms with E-state index in [0.717, 1.165) is 44.8 Å². The Bertz CT molecular complexity index is 808. The summed E-state index contributed by atoms with van der Waals surface area (Å²) in [5, 5.41) is 8.98. The Balaban J connectivity index is 1.59. The number of hydrogen-bond acceptors (Lipinski definition) is 7. The van der Waals surface area contributed by atoms with E-state index in [4.69, 9.17) is 26.8 Å². The van der Waals surface area contributed by atoms with E-state index in [2.05, 4.69) is 4.90 Å². The van der Waals surface area contributed by atoms with Crippen LogP contribution in [0.1, 0.15) is 18.9 Å². The summed E-state index contributed by atoms with van der Waals surface area (Å²) in [7, 11) is 0. The molecule has 1 amide bonds. The van der Waals surface area contributed by atoms with Gasteiger partial charge in [-0.1, -0.05) is 36.1 Å². The van der Waals surface area contributed by atoms with Crippen molar-refractivity contribution >= 4 is 46.3 Å². The lowest BCUT2D eigenvalue weighted by molar-refractivity contribution is -0.144. The molecule has 7 nitrogen and oxygen atoms in total. The van der Waals surface area contributed by atoms with Crippen molar-refractivity contribution in [3.63, 3.8) is 0 Å².